The van der Waals surface area contributed by atoms with Crippen LogP contribution in [0.25, 0.3) is 0 Å². The quantitative estimate of drug-likeness (QED) is 0.261. The van der Waals surface area contributed by atoms with Crippen LogP contribution in [0.1, 0.15) is 40.2 Å². The topological polar surface area (TPSA) is 75.8 Å². The Hall–Kier alpha value is -2.02. The lowest BCUT2D eigenvalue weighted by Crippen LogP contribution is -2.65. The minimum absolute atomic E-state index is 0.0494. The van der Waals surface area contributed by atoms with Gasteiger partial charge in [-0.15, -0.1) is 0 Å². The first-order chi connectivity index (χ1) is 11.1. The number of hydrogen-bond acceptors (Lipinski definition) is 4. The van der Waals surface area contributed by atoms with Gasteiger partial charge < -0.3 is 4.57 Å². The molecule has 0 saturated carbocycles. The number of nitro benzene ring substituents is 1. The number of rotatable bonds is 6. The molecule has 0 spiro atoms. The number of hydrogen-bond donors (Lipinski definition) is 0. The van der Waals surface area contributed by atoms with Crippen molar-refractivity contribution in [3.8, 4) is 0 Å². The fourth-order valence-electron chi connectivity index (χ4n) is 2.55. The van der Waals surface area contributed by atoms with Crippen LogP contribution in [0.5, 0.6) is 0 Å². The van der Waals surface area contributed by atoms with Crippen LogP contribution >= 0.6 is 0 Å². The van der Waals surface area contributed by atoms with E-state index in [-0.39, 0.29) is 28.7 Å². The van der Waals surface area contributed by atoms with Crippen molar-refractivity contribution in [1.82, 2.24) is 4.57 Å². The summed E-state index contributed by atoms with van der Waals surface area (Å²) in [6.45, 7) is 10.9. The highest BCUT2D eigenvalue weighted by molar-refractivity contribution is 6.42. The van der Waals surface area contributed by atoms with Gasteiger partial charge in [0.1, 0.15) is 15.7 Å². The van der Waals surface area contributed by atoms with Crippen molar-refractivity contribution in [2.45, 2.75) is 51.7 Å². The highest BCUT2D eigenvalue weighted by atomic mass is 28.2. The van der Waals surface area contributed by atoms with Crippen LogP contribution in [-0.2, 0) is 4.79 Å². The van der Waals surface area contributed by atoms with E-state index in [0.29, 0.717) is 5.92 Å². The molecule has 1 aliphatic rings. The molecule has 130 valence electrons. The molecule has 2 atom stereocenters. The molecule has 0 radical (unpaired) electrons. The van der Waals surface area contributed by atoms with Gasteiger partial charge in [0.2, 0.25) is 5.91 Å². The third-order valence-corrected chi connectivity index (χ3v) is 7.97. The molecular formula is C17H25N3O3Si. The number of carbonyl (C=O) groups is 1. The van der Waals surface area contributed by atoms with Gasteiger partial charge in [-0.1, -0.05) is 27.7 Å². The predicted octanol–water partition coefficient (Wildman–Crippen LogP) is 2.55. The van der Waals surface area contributed by atoms with Crippen molar-refractivity contribution >= 4 is 27.5 Å². The molecular weight excluding hydrogens is 322 g/mol. The van der Waals surface area contributed by atoms with Gasteiger partial charge in [0.15, 0.2) is 0 Å². The maximum atomic E-state index is 12.4. The molecule has 1 aromatic carbocycles. The fourth-order valence-corrected chi connectivity index (χ4v) is 4.62. The molecule has 1 aromatic rings. The Morgan fingerprint density at radius 3 is 2.38 bits per heavy atom. The molecule has 1 fully saturated rings. The minimum Gasteiger partial charge on any atom is -0.368 e. The number of nitrogens with zero attached hydrogens (tertiary/aromatic N) is 3. The van der Waals surface area contributed by atoms with Crippen molar-refractivity contribution in [2.24, 2.45) is 10.9 Å². The van der Waals surface area contributed by atoms with E-state index in [2.05, 4.69) is 32.7 Å². The maximum absolute atomic E-state index is 12.4. The van der Waals surface area contributed by atoms with Crippen molar-refractivity contribution < 1.29 is 9.72 Å². The number of benzene rings is 1. The van der Waals surface area contributed by atoms with Crippen LogP contribution in [-0.4, -0.2) is 43.4 Å². The lowest BCUT2D eigenvalue weighted by Gasteiger charge is -2.48. The summed E-state index contributed by atoms with van der Waals surface area (Å²) in [4.78, 5) is 27.0. The van der Waals surface area contributed by atoms with E-state index < -0.39 is 14.6 Å². The molecule has 1 amide bonds. The zero-order valence-electron chi connectivity index (χ0n) is 14.9. The molecule has 0 aliphatic carbocycles. The van der Waals surface area contributed by atoms with Gasteiger partial charge in [0.25, 0.3) is 5.69 Å². The van der Waals surface area contributed by atoms with Gasteiger partial charge in [-0.05, 0) is 35.6 Å². The molecule has 24 heavy (non-hydrogen) atoms. The maximum Gasteiger partial charge on any atom is 0.269 e. The molecule has 2 unspecified atom stereocenters. The standard InChI is InChI=1S/C17H25N3O3Si/c1-11(2)17(4,5)24-19-12(3)15(16(19)21)18-10-13-6-8-14(9-7-13)20(22)23/h6-12,15H,24H2,1-5H3/b18-10+. The van der Waals surface area contributed by atoms with E-state index in [1.54, 1.807) is 18.3 Å². The molecule has 1 aliphatic heterocycles. The summed E-state index contributed by atoms with van der Waals surface area (Å²) in [7, 11) is -0.683. The van der Waals surface area contributed by atoms with E-state index in [1.165, 1.54) is 12.1 Å². The first-order valence-corrected chi connectivity index (χ1v) is 9.55. The first kappa shape index (κ1) is 18.3. The average molecular weight is 347 g/mol. The molecule has 1 saturated heterocycles. The van der Waals surface area contributed by atoms with Gasteiger partial charge in [-0.25, -0.2) is 0 Å². The van der Waals surface area contributed by atoms with Gasteiger partial charge in [0, 0.05) is 18.3 Å². The summed E-state index contributed by atoms with van der Waals surface area (Å²) in [5, 5.41) is 10.8. The Kier molecular flexibility index (Phi) is 5.22. The number of β-lactam (4-membered cyclic amide) rings is 1. The van der Waals surface area contributed by atoms with E-state index in [1.807, 2.05) is 11.5 Å². The molecule has 2 rings (SSSR count). The Labute approximate surface area is 145 Å². The lowest BCUT2D eigenvalue weighted by molar-refractivity contribution is -0.384. The number of aliphatic imine (C=N–C) groups is 1. The van der Waals surface area contributed by atoms with Crippen LogP contribution in [0.15, 0.2) is 29.3 Å². The summed E-state index contributed by atoms with van der Waals surface area (Å²) >= 11 is 0. The average Bonchev–Trinajstić information content (AvgIpc) is 2.53. The number of non-ortho nitro benzene ring substituents is 1. The largest absolute Gasteiger partial charge is 0.368 e. The third kappa shape index (κ3) is 3.72. The highest BCUT2D eigenvalue weighted by Gasteiger charge is 2.46. The first-order valence-electron chi connectivity index (χ1n) is 8.21. The number of carbonyl (C=O) groups excluding carboxylic acids is 1. The summed E-state index contributed by atoms with van der Waals surface area (Å²) < 4.78 is 2.03. The second kappa shape index (κ2) is 6.84. The fraction of sp³-hybridized carbons (Fsp3) is 0.529. The molecule has 1 heterocycles. The highest BCUT2D eigenvalue weighted by Crippen LogP contribution is 2.36. The Morgan fingerprint density at radius 2 is 1.92 bits per heavy atom. The van der Waals surface area contributed by atoms with E-state index in [9.17, 15) is 14.9 Å². The van der Waals surface area contributed by atoms with Crippen LogP contribution in [0.3, 0.4) is 0 Å². The lowest BCUT2D eigenvalue weighted by atomic mass is 9.99. The Bertz CT molecular complexity index is 656. The second-order valence-corrected chi connectivity index (χ2v) is 10.2. The molecule has 0 N–H and O–H groups in total. The summed E-state index contributed by atoms with van der Waals surface area (Å²) in [6, 6.07) is 5.98. The predicted molar refractivity (Wildman–Crippen MR) is 98.2 cm³/mol. The summed E-state index contributed by atoms with van der Waals surface area (Å²) in [5.41, 5.74) is 0.812. The molecule has 0 aromatic heterocycles. The summed E-state index contributed by atoms with van der Waals surface area (Å²) in [5.74, 6) is 0.660. The van der Waals surface area contributed by atoms with Gasteiger partial charge in [-0.2, -0.15) is 0 Å². The van der Waals surface area contributed by atoms with Crippen LogP contribution in [0, 0.1) is 16.0 Å². The van der Waals surface area contributed by atoms with Gasteiger partial charge >= 0.3 is 0 Å². The zero-order valence-corrected chi connectivity index (χ0v) is 16.3. The molecule has 0 bridgehead atoms. The monoisotopic (exact) mass is 347 g/mol. The van der Waals surface area contributed by atoms with Crippen molar-refractivity contribution in [3.05, 3.63) is 39.9 Å². The van der Waals surface area contributed by atoms with Gasteiger partial charge in [-0.3, -0.25) is 19.9 Å². The Morgan fingerprint density at radius 1 is 1.33 bits per heavy atom. The molecule has 6 nitrogen and oxygen atoms in total. The van der Waals surface area contributed by atoms with Gasteiger partial charge in [0.05, 0.1) is 11.0 Å². The van der Waals surface area contributed by atoms with E-state index >= 15 is 0 Å². The normalized spacial score (nSPS) is 21.9. The zero-order chi connectivity index (χ0) is 18.1. The summed E-state index contributed by atoms with van der Waals surface area (Å²) in [6.07, 6.45) is 1.63. The SMILES string of the molecule is CC1C(/N=C/c2ccc([N+](=O)[O-])cc2)C(=O)N1[SiH2]C(C)(C)C(C)C. The van der Waals surface area contributed by atoms with E-state index in [4.69, 9.17) is 0 Å². The Balaban J connectivity index is 2.00. The third-order valence-electron chi connectivity index (χ3n) is 5.11. The van der Waals surface area contributed by atoms with Crippen LogP contribution < -0.4 is 0 Å². The number of nitro groups is 1. The smallest absolute Gasteiger partial charge is 0.269 e. The molecule has 7 heteroatoms. The van der Waals surface area contributed by atoms with Crippen molar-refractivity contribution in [2.75, 3.05) is 0 Å². The van der Waals surface area contributed by atoms with E-state index in [0.717, 1.165) is 5.56 Å². The second-order valence-electron chi connectivity index (χ2n) is 7.42. The minimum atomic E-state index is -0.683. The van der Waals surface area contributed by atoms with Crippen molar-refractivity contribution in [3.63, 3.8) is 0 Å². The van der Waals surface area contributed by atoms with Crippen molar-refractivity contribution in [1.29, 1.82) is 0 Å². The number of amides is 1. The van der Waals surface area contributed by atoms with Crippen LogP contribution in [0.2, 0.25) is 5.04 Å². The van der Waals surface area contributed by atoms with Crippen LogP contribution in [0.4, 0.5) is 5.69 Å².